The first kappa shape index (κ1) is 10.4. The molecule has 2 rings (SSSR count). The van der Waals surface area contributed by atoms with Gasteiger partial charge in [-0.2, -0.15) is 0 Å². The highest BCUT2D eigenvalue weighted by atomic mass is 16.5. The molecule has 0 bridgehead atoms. The minimum Gasteiger partial charge on any atom is -0.476 e. The summed E-state index contributed by atoms with van der Waals surface area (Å²) < 4.78 is 5.65. The monoisotopic (exact) mass is 206 g/mol. The molecule has 82 valence electrons. The van der Waals surface area contributed by atoms with Crippen molar-refractivity contribution in [3.8, 4) is 5.88 Å². The van der Waals surface area contributed by atoms with Crippen LogP contribution in [0.25, 0.3) is 0 Å². The third-order valence-corrected chi connectivity index (χ3v) is 2.74. The predicted octanol–water partition coefficient (Wildman–Crippen LogP) is 1.91. The van der Waals surface area contributed by atoms with Crippen LogP contribution in [0.5, 0.6) is 5.88 Å². The van der Waals surface area contributed by atoms with Gasteiger partial charge >= 0.3 is 0 Å². The van der Waals surface area contributed by atoms with Crippen molar-refractivity contribution in [1.29, 1.82) is 0 Å². The molecule has 1 N–H and O–H groups in total. The van der Waals surface area contributed by atoms with Crippen LogP contribution in [-0.4, -0.2) is 24.2 Å². The quantitative estimate of drug-likeness (QED) is 0.820. The van der Waals surface area contributed by atoms with Crippen molar-refractivity contribution in [3.63, 3.8) is 0 Å². The Labute approximate surface area is 90.9 Å². The van der Waals surface area contributed by atoms with E-state index in [9.17, 15) is 0 Å². The van der Waals surface area contributed by atoms with Crippen LogP contribution in [0.1, 0.15) is 24.8 Å². The number of aromatic nitrogens is 1. The van der Waals surface area contributed by atoms with Crippen molar-refractivity contribution in [2.45, 2.75) is 32.2 Å². The van der Waals surface area contributed by atoms with Crippen molar-refractivity contribution in [2.75, 3.05) is 13.2 Å². The standard InChI is InChI=1S/C12H18N2O/c1-10-5-7-14-12(8-10)15-9-11-4-2-3-6-13-11/h5,7-8,11,13H,2-4,6,9H2,1H3/t11-/m1/s1. The van der Waals surface area contributed by atoms with Crippen molar-refractivity contribution >= 4 is 0 Å². The van der Waals surface area contributed by atoms with Crippen LogP contribution in [0.3, 0.4) is 0 Å². The van der Waals surface area contributed by atoms with E-state index in [-0.39, 0.29) is 0 Å². The average molecular weight is 206 g/mol. The predicted molar refractivity (Wildman–Crippen MR) is 60.1 cm³/mol. The zero-order valence-electron chi connectivity index (χ0n) is 9.20. The van der Waals surface area contributed by atoms with E-state index in [1.165, 1.54) is 24.8 Å². The molecule has 2 heterocycles. The molecule has 0 spiro atoms. The minimum absolute atomic E-state index is 0.501. The zero-order valence-corrected chi connectivity index (χ0v) is 9.20. The van der Waals surface area contributed by atoms with E-state index < -0.39 is 0 Å². The molecule has 0 amide bonds. The SMILES string of the molecule is Cc1ccnc(OC[C@H]2CCCCN2)c1. The Bertz CT molecular complexity index is 308. The minimum atomic E-state index is 0.501. The fourth-order valence-corrected chi connectivity index (χ4v) is 1.84. The molecule has 1 aromatic heterocycles. The Morgan fingerprint density at radius 2 is 2.47 bits per heavy atom. The molecular weight excluding hydrogens is 188 g/mol. The number of ether oxygens (including phenoxy) is 1. The highest BCUT2D eigenvalue weighted by Gasteiger charge is 2.12. The molecule has 1 atom stereocenters. The van der Waals surface area contributed by atoms with Gasteiger partial charge in [0.15, 0.2) is 0 Å². The molecule has 0 unspecified atom stereocenters. The van der Waals surface area contributed by atoms with Crippen LogP contribution in [0.4, 0.5) is 0 Å². The van der Waals surface area contributed by atoms with E-state index in [1.807, 2.05) is 19.1 Å². The summed E-state index contributed by atoms with van der Waals surface area (Å²) in [6.07, 6.45) is 5.60. The summed E-state index contributed by atoms with van der Waals surface area (Å²) in [5, 5.41) is 3.45. The Kier molecular flexibility index (Phi) is 3.56. The van der Waals surface area contributed by atoms with Gasteiger partial charge in [0.1, 0.15) is 6.61 Å². The molecule has 3 heteroatoms. The van der Waals surface area contributed by atoms with Crippen molar-refractivity contribution < 1.29 is 4.74 Å². The number of rotatable bonds is 3. The van der Waals surface area contributed by atoms with E-state index >= 15 is 0 Å². The van der Waals surface area contributed by atoms with Crippen LogP contribution in [0.15, 0.2) is 18.3 Å². The van der Waals surface area contributed by atoms with Crippen LogP contribution >= 0.6 is 0 Å². The maximum atomic E-state index is 5.65. The van der Waals surface area contributed by atoms with Gasteiger partial charge in [0.2, 0.25) is 5.88 Å². The number of nitrogens with one attached hydrogen (secondary N) is 1. The van der Waals surface area contributed by atoms with E-state index in [1.54, 1.807) is 6.20 Å². The largest absolute Gasteiger partial charge is 0.476 e. The Morgan fingerprint density at radius 3 is 3.20 bits per heavy atom. The van der Waals surface area contributed by atoms with Gasteiger partial charge in [-0.05, 0) is 37.9 Å². The maximum absolute atomic E-state index is 5.65. The lowest BCUT2D eigenvalue weighted by Gasteiger charge is -2.23. The second-order valence-electron chi connectivity index (χ2n) is 4.13. The van der Waals surface area contributed by atoms with Crippen LogP contribution < -0.4 is 10.1 Å². The normalized spacial score (nSPS) is 21.3. The summed E-state index contributed by atoms with van der Waals surface area (Å²) >= 11 is 0. The van der Waals surface area contributed by atoms with Gasteiger partial charge in [-0.1, -0.05) is 6.42 Å². The first-order valence-corrected chi connectivity index (χ1v) is 5.63. The molecule has 0 saturated carbocycles. The molecule has 0 radical (unpaired) electrons. The van der Waals surface area contributed by atoms with Gasteiger partial charge in [-0.3, -0.25) is 0 Å². The van der Waals surface area contributed by atoms with Crippen LogP contribution in [-0.2, 0) is 0 Å². The molecule has 0 aliphatic carbocycles. The number of hydrogen-bond acceptors (Lipinski definition) is 3. The molecule has 1 aliphatic heterocycles. The number of nitrogens with zero attached hydrogens (tertiary/aromatic N) is 1. The van der Waals surface area contributed by atoms with Crippen LogP contribution in [0.2, 0.25) is 0 Å². The second-order valence-corrected chi connectivity index (χ2v) is 4.13. The Hall–Kier alpha value is -1.09. The van der Waals surface area contributed by atoms with Crippen molar-refractivity contribution in [1.82, 2.24) is 10.3 Å². The lowest BCUT2D eigenvalue weighted by atomic mass is 10.1. The second kappa shape index (κ2) is 5.12. The molecule has 15 heavy (non-hydrogen) atoms. The average Bonchev–Trinajstić information content (AvgIpc) is 2.28. The lowest BCUT2D eigenvalue weighted by molar-refractivity contribution is 0.232. The van der Waals surface area contributed by atoms with Gasteiger partial charge in [-0.15, -0.1) is 0 Å². The molecular formula is C12H18N2O. The molecule has 1 aromatic rings. The van der Waals surface area contributed by atoms with Gasteiger partial charge in [0.25, 0.3) is 0 Å². The van der Waals surface area contributed by atoms with Gasteiger partial charge < -0.3 is 10.1 Å². The molecule has 1 fully saturated rings. The van der Waals surface area contributed by atoms with E-state index in [2.05, 4.69) is 10.3 Å². The number of hydrogen-bond donors (Lipinski definition) is 1. The molecule has 1 aliphatic rings. The molecule has 1 saturated heterocycles. The summed E-state index contributed by atoms with van der Waals surface area (Å²) in [7, 11) is 0. The first-order valence-electron chi connectivity index (χ1n) is 5.63. The summed E-state index contributed by atoms with van der Waals surface area (Å²) in [5.74, 6) is 0.738. The summed E-state index contributed by atoms with van der Waals surface area (Å²) in [5.41, 5.74) is 1.19. The number of aryl methyl sites for hydroxylation is 1. The van der Waals surface area contributed by atoms with E-state index in [0.29, 0.717) is 6.04 Å². The van der Waals surface area contributed by atoms with E-state index in [4.69, 9.17) is 4.74 Å². The van der Waals surface area contributed by atoms with Crippen molar-refractivity contribution in [3.05, 3.63) is 23.9 Å². The summed E-state index contributed by atoms with van der Waals surface area (Å²) in [6, 6.07) is 4.45. The first-order chi connectivity index (χ1) is 7.34. The van der Waals surface area contributed by atoms with Gasteiger partial charge in [0.05, 0.1) is 0 Å². The van der Waals surface area contributed by atoms with Gasteiger partial charge in [0, 0.05) is 18.3 Å². The van der Waals surface area contributed by atoms with Crippen LogP contribution in [0, 0.1) is 6.92 Å². The van der Waals surface area contributed by atoms with E-state index in [0.717, 1.165) is 19.0 Å². The number of piperidine rings is 1. The summed E-state index contributed by atoms with van der Waals surface area (Å²) in [4.78, 5) is 4.17. The highest BCUT2D eigenvalue weighted by Crippen LogP contribution is 2.11. The fraction of sp³-hybridized carbons (Fsp3) is 0.583. The topological polar surface area (TPSA) is 34.1 Å². The fourth-order valence-electron chi connectivity index (χ4n) is 1.84. The molecule has 3 nitrogen and oxygen atoms in total. The van der Waals surface area contributed by atoms with Gasteiger partial charge in [-0.25, -0.2) is 4.98 Å². The number of pyridine rings is 1. The molecule has 0 aromatic carbocycles. The summed E-state index contributed by atoms with van der Waals surface area (Å²) in [6.45, 7) is 3.90. The highest BCUT2D eigenvalue weighted by molar-refractivity contribution is 5.18. The van der Waals surface area contributed by atoms with Crippen molar-refractivity contribution in [2.24, 2.45) is 0 Å². The Morgan fingerprint density at radius 1 is 1.53 bits per heavy atom. The third kappa shape index (κ3) is 3.20. The Balaban J connectivity index is 1.81. The third-order valence-electron chi connectivity index (χ3n) is 2.74. The maximum Gasteiger partial charge on any atom is 0.213 e. The smallest absolute Gasteiger partial charge is 0.213 e. The zero-order chi connectivity index (χ0) is 10.5. The lowest BCUT2D eigenvalue weighted by Crippen LogP contribution is -2.38.